The van der Waals surface area contributed by atoms with Crippen LogP contribution in [-0.4, -0.2) is 25.5 Å². The van der Waals surface area contributed by atoms with Crippen molar-refractivity contribution in [3.8, 4) is 0 Å². The molecule has 0 aliphatic carbocycles. The third-order valence-electron chi connectivity index (χ3n) is 2.66. The van der Waals surface area contributed by atoms with Crippen molar-refractivity contribution in [3.63, 3.8) is 0 Å². The summed E-state index contributed by atoms with van der Waals surface area (Å²) in [5.41, 5.74) is -0.740. The van der Waals surface area contributed by atoms with Crippen molar-refractivity contribution in [3.05, 3.63) is 24.8 Å². The molecule has 0 aliphatic rings. The predicted octanol–water partition coefficient (Wildman–Crippen LogP) is 2.19. The molecular weight excluding hydrogens is 214 g/mol. The molecule has 0 saturated heterocycles. The smallest absolute Gasteiger partial charge is 0.138 e. The van der Waals surface area contributed by atoms with Gasteiger partial charge in [0.05, 0.1) is 5.60 Å². The SMILES string of the molecule is C=CCCC(C)(O)Cc1ncnn1CC(C)C. The Morgan fingerprint density at radius 3 is 2.88 bits per heavy atom. The summed E-state index contributed by atoms with van der Waals surface area (Å²) in [7, 11) is 0. The van der Waals surface area contributed by atoms with E-state index >= 15 is 0 Å². The van der Waals surface area contributed by atoms with E-state index in [0.29, 0.717) is 18.8 Å². The first-order chi connectivity index (χ1) is 7.94. The summed E-state index contributed by atoms with van der Waals surface area (Å²) in [6, 6.07) is 0. The molecule has 96 valence electrons. The van der Waals surface area contributed by atoms with Crippen LogP contribution in [0.25, 0.3) is 0 Å². The number of rotatable bonds is 7. The van der Waals surface area contributed by atoms with Crippen LogP contribution in [-0.2, 0) is 13.0 Å². The molecule has 0 aromatic carbocycles. The maximum absolute atomic E-state index is 10.2. The number of aromatic nitrogens is 3. The Morgan fingerprint density at radius 1 is 1.59 bits per heavy atom. The highest BCUT2D eigenvalue weighted by molar-refractivity contribution is 4.93. The molecule has 0 amide bonds. The van der Waals surface area contributed by atoms with E-state index in [9.17, 15) is 5.11 Å². The fraction of sp³-hybridized carbons (Fsp3) is 0.692. The van der Waals surface area contributed by atoms with E-state index in [1.165, 1.54) is 0 Å². The summed E-state index contributed by atoms with van der Waals surface area (Å²) in [6.07, 6.45) is 5.43. The standard InChI is InChI=1S/C13H23N3O/c1-5-6-7-13(4,17)8-12-14-10-15-16(12)9-11(2)3/h5,10-11,17H,1,6-9H2,2-4H3. The van der Waals surface area contributed by atoms with Crippen LogP contribution in [0.15, 0.2) is 19.0 Å². The third kappa shape index (κ3) is 4.69. The van der Waals surface area contributed by atoms with Crippen molar-refractivity contribution in [1.29, 1.82) is 0 Å². The first-order valence-corrected chi connectivity index (χ1v) is 6.14. The molecule has 0 saturated carbocycles. The second-order valence-corrected chi connectivity index (χ2v) is 5.25. The molecule has 0 radical (unpaired) electrons. The number of nitrogens with zero attached hydrogens (tertiary/aromatic N) is 3. The average Bonchev–Trinajstić information content (AvgIpc) is 2.61. The normalized spacial score (nSPS) is 14.9. The van der Waals surface area contributed by atoms with Crippen LogP contribution in [0.5, 0.6) is 0 Å². The summed E-state index contributed by atoms with van der Waals surface area (Å²) in [4.78, 5) is 4.23. The van der Waals surface area contributed by atoms with Gasteiger partial charge in [-0.3, -0.25) is 0 Å². The van der Waals surface area contributed by atoms with Gasteiger partial charge in [-0.25, -0.2) is 9.67 Å². The Kier molecular flexibility index (Phi) is 4.87. The lowest BCUT2D eigenvalue weighted by Gasteiger charge is -2.22. The summed E-state index contributed by atoms with van der Waals surface area (Å²) < 4.78 is 1.88. The van der Waals surface area contributed by atoms with Crippen molar-refractivity contribution in [2.24, 2.45) is 5.92 Å². The quantitative estimate of drug-likeness (QED) is 0.740. The molecule has 17 heavy (non-hydrogen) atoms. The highest BCUT2D eigenvalue weighted by atomic mass is 16.3. The van der Waals surface area contributed by atoms with Crippen LogP contribution >= 0.6 is 0 Å². The molecule has 0 fully saturated rings. The maximum atomic E-state index is 10.2. The van der Waals surface area contributed by atoms with Gasteiger partial charge in [0.2, 0.25) is 0 Å². The minimum absolute atomic E-state index is 0.522. The van der Waals surface area contributed by atoms with Crippen LogP contribution in [0.2, 0.25) is 0 Å². The monoisotopic (exact) mass is 237 g/mol. The van der Waals surface area contributed by atoms with Gasteiger partial charge in [-0.05, 0) is 25.7 Å². The van der Waals surface area contributed by atoms with Crippen LogP contribution in [0.3, 0.4) is 0 Å². The molecule has 1 N–H and O–H groups in total. The first kappa shape index (κ1) is 13.9. The van der Waals surface area contributed by atoms with Crippen molar-refractivity contribution >= 4 is 0 Å². The van der Waals surface area contributed by atoms with Crippen LogP contribution < -0.4 is 0 Å². The van der Waals surface area contributed by atoms with Crippen LogP contribution in [0, 0.1) is 5.92 Å². The number of hydrogen-bond acceptors (Lipinski definition) is 3. The van der Waals surface area contributed by atoms with Gasteiger partial charge in [-0.1, -0.05) is 19.9 Å². The first-order valence-electron chi connectivity index (χ1n) is 6.14. The van der Waals surface area contributed by atoms with Crippen LogP contribution in [0.1, 0.15) is 39.4 Å². The second-order valence-electron chi connectivity index (χ2n) is 5.25. The molecule has 1 unspecified atom stereocenters. The zero-order chi connectivity index (χ0) is 12.9. The molecule has 4 nitrogen and oxygen atoms in total. The summed E-state index contributed by atoms with van der Waals surface area (Å²) in [6.45, 7) is 10.6. The van der Waals surface area contributed by atoms with Crippen molar-refractivity contribution < 1.29 is 5.11 Å². The molecular formula is C13H23N3O. The highest BCUT2D eigenvalue weighted by Crippen LogP contribution is 2.18. The lowest BCUT2D eigenvalue weighted by atomic mass is 9.96. The van der Waals surface area contributed by atoms with Gasteiger partial charge in [-0.2, -0.15) is 5.10 Å². The van der Waals surface area contributed by atoms with Gasteiger partial charge in [0.25, 0.3) is 0 Å². The van der Waals surface area contributed by atoms with Crippen molar-refractivity contribution in [2.75, 3.05) is 0 Å². The van der Waals surface area contributed by atoms with E-state index in [1.807, 2.05) is 17.7 Å². The van der Waals surface area contributed by atoms with E-state index in [2.05, 4.69) is 30.5 Å². The van der Waals surface area contributed by atoms with E-state index in [4.69, 9.17) is 0 Å². The Morgan fingerprint density at radius 2 is 2.29 bits per heavy atom. The zero-order valence-electron chi connectivity index (χ0n) is 11.1. The van der Waals surface area contributed by atoms with E-state index in [1.54, 1.807) is 6.33 Å². The predicted molar refractivity (Wildman–Crippen MR) is 68.6 cm³/mol. The van der Waals surface area contributed by atoms with E-state index < -0.39 is 5.60 Å². The molecule has 1 aromatic rings. The number of hydrogen-bond donors (Lipinski definition) is 1. The fourth-order valence-corrected chi connectivity index (χ4v) is 1.77. The highest BCUT2D eigenvalue weighted by Gasteiger charge is 2.23. The largest absolute Gasteiger partial charge is 0.390 e. The second kappa shape index (κ2) is 5.96. The molecule has 0 spiro atoms. The van der Waals surface area contributed by atoms with Gasteiger partial charge in [0.15, 0.2) is 0 Å². The van der Waals surface area contributed by atoms with E-state index in [-0.39, 0.29) is 0 Å². The third-order valence-corrected chi connectivity index (χ3v) is 2.66. The van der Waals surface area contributed by atoms with Gasteiger partial charge in [-0.15, -0.1) is 6.58 Å². The summed E-state index contributed by atoms with van der Waals surface area (Å²) in [5.74, 6) is 1.38. The van der Waals surface area contributed by atoms with E-state index in [0.717, 1.165) is 18.8 Å². The summed E-state index contributed by atoms with van der Waals surface area (Å²) >= 11 is 0. The minimum atomic E-state index is -0.740. The molecule has 0 aliphatic heterocycles. The van der Waals surface area contributed by atoms with Crippen molar-refractivity contribution in [1.82, 2.24) is 14.8 Å². The van der Waals surface area contributed by atoms with Gasteiger partial charge < -0.3 is 5.11 Å². The minimum Gasteiger partial charge on any atom is -0.390 e. The van der Waals surface area contributed by atoms with Gasteiger partial charge in [0.1, 0.15) is 12.2 Å². The van der Waals surface area contributed by atoms with Crippen molar-refractivity contribution in [2.45, 2.75) is 52.2 Å². The zero-order valence-corrected chi connectivity index (χ0v) is 11.1. The molecule has 1 rings (SSSR count). The summed E-state index contributed by atoms with van der Waals surface area (Å²) in [5, 5.41) is 14.4. The maximum Gasteiger partial charge on any atom is 0.138 e. The molecule has 1 aromatic heterocycles. The van der Waals surface area contributed by atoms with Gasteiger partial charge in [0, 0.05) is 13.0 Å². The Bertz CT molecular complexity index is 355. The Labute approximate surface area is 103 Å². The molecule has 4 heteroatoms. The molecule has 1 atom stereocenters. The average molecular weight is 237 g/mol. The number of aliphatic hydroxyl groups is 1. The fourth-order valence-electron chi connectivity index (χ4n) is 1.77. The topological polar surface area (TPSA) is 50.9 Å². The molecule has 1 heterocycles. The lowest BCUT2D eigenvalue weighted by molar-refractivity contribution is 0.0490. The Balaban J connectivity index is 2.66. The van der Waals surface area contributed by atoms with Gasteiger partial charge >= 0.3 is 0 Å². The Hall–Kier alpha value is -1.16. The van der Waals surface area contributed by atoms with Crippen LogP contribution in [0.4, 0.5) is 0 Å². The number of allylic oxidation sites excluding steroid dienone is 1. The molecule has 0 bridgehead atoms. The lowest BCUT2D eigenvalue weighted by Crippen LogP contribution is -2.29.